The molecular formula is C24H29N3O4. The van der Waals surface area contributed by atoms with Gasteiger partial charge in [-0.25, -0.2) is 0 Å². The van der Waals surface area contributed by atoms with Gasteiger partial charge in [-0.2, -0.15) is 0 Å². The van der Waals surface area contributed by atoms with Crippen molar-refractivity contribution < 1.29 is 14.5 Å². The van der Waals surface area contributed by atoms with Crippen molar-refractivity contribution in [2.45, 2.75) is 38.2 Å². The fraction of sp³-hybridized carbons (Fsp3) is 0.458. The van der Waals surface area contributed by atoms with E-state index in [0.717, 1.165) is 57.5 Å². The van der Waals surface area contributed by atoms with Crippen molar-refractivity contribution >= 4 is 17.3 Å². The third kappa shape index (κ3) is 5.41. The van der Waals surface area contributed by atoms with Crippen molar-refractivity contribution in [3.63, 3.8) is 0 Å². The number of nitro groups is 1. The smallest absolute Gasteiger partial charge is 0.270 e. The molecular weight excluding hydrogens is 394 g/mol. The van der Waals surface area contributed by atoms with Crippen LogP contribution in [0.4, 0.5) is 11.4 Å². The largest absolute Gasteiger partial charge is 0.376 e. The standard InChI is InChI=1S/C24H29N3O4/c28-24(25-17-21-7-4-14-31-21)22-16-20(27(29)30)8-9-23(22)26-12-10-19(11-13-26)15-18-5-2-1-3-6-18/h1-3,5-6,8-9,16,19,21H,4,7,10-15,17H2,(H,25,28)/t21-/m1/s1. The van der Waals surface area contributed by atoms with Crippen molar-refractivity contribution in [3.05, 3.63) is 69.8 Å². The monoisotopic (exact) mass is 423 g/mol. The van der Waals surface area contributed by atoms with Gasteiger partial charge < -0.3 is 15.0 Å². The second-order valence-corrected chi connectivity index (χ2v) is 8.42. The van der Waals surface area contributed by atoms with Crippen LogP contribution in [0.15, 0.2) is 48.5 Å². The van der Waals surface area contributed by atoms with Gasteiger partial charge in [0.15, 0.2) is 0 Å². The fourth-order valence-electron chi connectivity index (χ4n) is 4.53. The predicted octanol–water partition coefficient (Wildman–Crippen LogP) is 3.96. The Morgan fingerprint density at radius 1 is 1.13 bits per heavy atom. The van der Waals surface area contributed by atoms with E-state index in [-0.39, 0.29) is 17.7 Å². The van der Waals surface area contributed by atoms with Crippen LogP contribution in [0, 0.1) is 16.0 Å². The molecule has 2 aromatic rings. The minimum atomic E-state index is -0.452. The van der Waals surface area contributed by atoms with Gasteiger partial charge in [-0.1, -0.05) is 30.3 Å². The number of nitrogens with one attached hydrogen (secondary N) is 1. The third-order valence-corrected chi connectivity index (χ3v) is 6.27. The minimum absolute atomic E-state index is 0.0276. The molecule has 7 nitrogen and oxygen atoms in total. The normalized spacial score (nSPS) is 19.4. The lowest BCUT2D eigenvalue weighted by Crippen LogP contribution is -2.37. The number of carbonyl (C=O) groups excluding carboxylic acids is 1. The molecule has 31 heavy (non-hydrogen) atoms. The SMILES string of the molecule is O=C(NC[C@H]1CCCO1)c1cc([N+](=O)[O-])ccc1N1CCC(Cc2ccccc2)CC1. The molecule has 0 aliphatic carbocycles. The van der Waals surface area contributed by atoms with Crippen molar-refractivity contribution in [3.8, 4) is 0 Å². The quantitative estimate of drug-likeness (QED) is 0.538. The number of anilines is 1. The summed E-state index contributed by atoms with van der Waals surface area (Å²) >= 11 is 0. The van der Waals surface area contributed by atoms with Gasteiger partial charge >= 0.3 is 0 Å². The Bertz CT molecular complexity index is 904. The molecule has 2 fully saturated rings. The summed E-state index contributed by atoms with van der Waals surface area (Å²) in [5, 5.41) is 14.2. The highest BCUT2D eigenvalue weighted by atomic mass is 16.6. The lowest BCUT2D eigenvalue weighted by molar-refractivity contribution is -0.384. The number of nitro benzene ring substituents is 1. The van der Waals surface area contributed by atoms with Gasteiger partial charge in [-0.3, -0.25) is 14.9 Å². The van der Waals surface area contributed by atoms with Gasteiger partial charge in [0.2, 0.25) is 0 Å². The minimum Gasteiger partial charge on any atom is -0.376 e. The zero-order chi connectivity index (χ0) is 21.6. The van der Waals surface area contributed by atoms with E-state index < -0.39 is 4.92 Å². The lowest BCUT2D eigenvalue weighted by atomic mass is 9.89. The summed E-state index contributed by atoms with van der Waals surface area (Å²) in [6.07, 6.45) is 5.08. The second kappa shape index (κ2) is 9.92. The van der Waals surface area contributed by atoms with Gasteiger partial charge in [-0.15, -0.1) is 0 Å². The Hall–Kier alpha value is -2.93. The van der Waals surface area contributed by atoms with E-state index in [4.69, 9.17) is 4.74 Å². The molecule has 4 rings (SSSR count). The van der Waals surface area contributed by atoms with Crippen molar-refractivity contribution in [1.82, 2.24) is 5.32 Å². The average molecular weight is 424 g/mol. The molecule has 0 aromatic heterocycles. The predicted molar refractivity (Wildman–Crippen MR) is 119 cm³/mol. The summed E-state index contributed by atoms with van der Waals surface area (Å²) in [4.78, 5) is 26.0. The maximum Gasteiger partial charge on any atom is 0.270 e. The van der Waals surface area contributed by atoms with E-state index >= 15 is 0 Å². The topological polar surface area (TPSA) is 84.7 Å². The van der Waals surface area contributed by atoms with Gasteiger partial charge in [-0.05, 0) is 49.7 Å². The first-order chi connectivity index (χ1) is 15.1. The second-order valence-electron chi connectivity index (χ2n) is 8.42. The maximum absolute atomic E-state index is 12.9. The molecule has 0 spiro atoms. The number of hydrogen-bond donors (Lipinski definition) is 1. The number of non-ortho nitro benzene ring substituents is 1. The van der Waals surface area contributed by atoms with Crippen LogP contribution in [0.1, 0.15) is 41.6 Å². The Morgan fingerprint density at radius 2 is 1.90 bits per heavy atom. The number of hydrogen-bond acceptors (Lipinski definition) is 5. The van der Waals surface area contributed by atoms with Crippen molar-refractivity contribution in [2.24, 2.45) is 5.92 Å². The zero-order valence-corrected chi connectivity index (χ0v) is 17.7. The molecule has 7 heteroatoms. The molecule has 2 aliphatic rings. The molecule has 2 aliphatic heterocycles. The van der Waals surface area contributed by atoms with Crippen LogP contribution >= 0.6 is 0 Å². The molecule has 0 bridgehead atoms. The Kier molecular flexibility index (Phi) is 6.82. The van der Waals surface area contributed by atoms with Crippen LogP contribution in [0.5, 0.6) is 0 Å². The van der Waals surface area contributed by atoms with E-state index in [9.17, 15) is 14.9 Å². The number of amides is 1. The number of ether oxygens (including phenoxy) is 1. The summed E-state index contributed by atoms with van der Waals surface area (Å²) in [7, 11) is 0. The van der Waals surface area contributed by atoms with Crippen molar-refractivity contribution in [1.29, 1.82) is 0 Å². The molecule has 1 atom stereocenters. The summed E-state index contributed by atoms with van der Waals surface area (Å²) in [6, 6.07) is 15.1. The zero-order valence-electron chi connectivity index (χ0n) is 17.7. The highest BCUT2D eigenvalue weighted by Gasteiger charge is 2.26. The molecule has 0 radical (unpaired) electrons. The molecule has 2 heterocycles. The molecule has 2 aromatic carbocycles. The van der Waals surface area contributed by atoms with Crippen LogP contribution in [-0.4, -0.2) is 43.2 Å². The van der Waals surface area contributed by atoms with Gasteiger partial charge in [0.25, 0.3) is 11.6 Å². The number of carbonyl (C=O) groups is 1. The molecule has 2 saturated heterocycles. The first kappa shape index (κ1) is 21.3. The number of benzene rings is 2. The van der Waals surface area contributed by atoms with E-state index in [1.54, 1.807) is 6.07 Å². The molecule has 1 amide bonds. The molecule has 0 unspecified atom stereocenters. The summed E-state index contributed by atoms with van der Waals surface area (Å²) in [5.74, 6) is 0.328. The third-order valence-electron chi connectivity index (χ3n) is 6.27. The van der Waals surface area contributed by atoms with E-state index in [0.29, 0.717) is 18.0 Å². The van der Waals surface area contributed by atoms with Gasteiger partial charge in [0.05, 0.1) is 22.3 Å². The average Bonchev–Trinajstić information content (AvgIpc) is 3.32. The fourth-order valence-corrected chi connectivity index (χ4v) is 4.53. The van der Waals surface area contributed by atoms with Gasteiger partial charge in [0.1, 0.15) is 0 Å². The van der Waals surface area contributed by atoms with Crippen LogP contribution in [-0.2, 0) is 11.2 Å². The summed E-state index contributed by atoms with van der Waals surface area (Å²) in [6.45, 7) is 2.82. The molecule has 1 N–H and O–H groups in total. The van der Waals surface area contributed by atoms with Crippen LogP contribution in [0.2, 0.25) is 0 Å². The first-order valence-electron chi connectivity index (χ1n) is 11.1. The van der Waals surface area contributed by atoms with E-state index in [1.807, 2.05) is 6.07 Å². The molecule has 164 valence electrons. The highest BCUT2D eigenvalue weighted by Crippen LogP contribution is 2.30. The number of rotatable bonds is 7. The van der Waals surface area contributed by atoms with E-state index in [1.165, 1.54) is 17.7 Å². The Balaban J connectivity index is 1.44. The first-order valence-corrected chi connectivity index (χ1v) is 11.1. The van der Waals surface area contributed by atoms with Crippen LogP contribution in [0.25, 0.3) is 0 Å². The Morgan fingerprint density at radius 3 is 2.58 bits per heavy atom. The van der Waals surface area contributed by atoms with Crippen molar-refractivity contribution in [2.75, 3.05) is 31.1 Å². The summed E-state index contributed by atoms with van der Waals surface area (Å²) in [5.41, 5.74) is 2.43. The number of nitrogens with zero attached hydrogens (tertiary/aromatic N) is 2. The highest BCUT2D eigenvalue weighted by molar-refractivity contribution is 6.00. The molecule has 0 saturated carbocycles. The Labute approximate surface area is 182 Å². The number of piperidine rings is 1. The van der Waals surface area contributed by atoms with Crippen LogP contribution in [0.3, 0.4) is 0 Å². The van der Waals surface area contributed by atoms with E-state index in [2.05, 4.69) is 34.5 Å². The van der Waals surface area contributed by atoms with Crippen LogP contribution < -0.4 is 10.2 Å². The maximum atomic E-state index is 12.9. The summed E-state index contributed by atoms with van der Waals surface area (Å²) < 4.78 is 5.57. The van der Waals surface area contributed by atoms with Gasteiger partial charge in [0, 0.05) is 38.4 Å². The lowest BCUT2D eigenvalue weighted by Gasteiger charge is -2.34.